The minimum atomic E-state index is -0.136. The molecule has 0 aromatic carbocycles. The summed E-state index contributed by atoms with van der Waals surface area (Å²) in [7, 11) is 0. The van der Waals surface area contributed by atoms with Gasteiger partial charge >= 0.3 is 0 Å². The zero-order chi connectivity index (χ0) is 9.97. The fourth-order valence-electron chi connectivity index (χ4n) is 2.79. The van der Waals surface area contributed by atoms with E-state index in [-0.39, 0.29) is 12.2 Å². The fourth-order valence-corrected chi connectivity index (χ4v) is 2.79. The number of aliphatic hydroxyl groups excluding tert-OH is 2. The lowest BCUT2D eigenvalue weighted by molar-refractivity contribution is 0.0101. The predicted octanol–water partition coefficient (Wildman–Crippen LogP) is 0.747. The van der Waals surface area contributed by atoms with E-state index in [0.29, 0.717) is 6.04 Å². The van der Waals surface area contributed by atoms with Gasteiger partial charge in [-0.15, -0.1) is 0 Å². The molecule has 0 aromatic heterocycles. The second-order valence-electron chi connectivity index (χ2n) is 4.77. The maximum Gasteiger partial charge on any atom is 0.0667 e. The summed E-state index contributed by atoms with van der Waals surface area (Å²) in [6.07, 6.45) is 6.03. The number of hydrogen-bond acceptors (Lipinski definition) is 3. The molecule has 0 amide bonds. The zero-order valence-electron chi connectivity index (χ0n) is 8.73. The third-order valence-electron chi connectivity index (χ3n) is 3.56. The van der Waals surface area contributed by atoms with E-state index in [1.807, 2.05) is 0 Å². The van der Waals surface area contributed by atoms with Crippen molar-refractivity contribution in [3.05, 3.63) is 0 Å². The molecule has 82 valence electrons. The van der Waals surface area contributed by atoms with Crippen LogP contribution < -0.4 is 0 Å². The zero-order valence-corrected chi connectivity index (χ0v) is 8.73. The van der Waals surface area contributed by atoms with Gasteiger partial charge in [0.05, 0.1) is 12.2 Å². The normalized spacial score (nSPS) is 41.1. The van der Waals surface area contributed by atoms with Crippen molar-refractivity contribution in [2.75, 3.05) is 13.1 Å². The highest BCUT2D eigenvalue weighted by molar-refractivity contribution is 4.83. The number of likely N-dealkylation sites (tertiary alicyclic amines) is 1. The lowest BCUT2D eigenvalue weighted by Crippen LogP contribution is -2.47. The number of piperidine rings is 1. The van der Waals surface area contributed by atoms with Crippen LogP contribution in [0.3, 0.4) is 0 Å². The summed E-state index contributed by atoms with van der Waals surface area (Å²) in [5.74, 6) is 0. The van der Waals surface area contributed by atoms with Crippen molar-refractivity contribution in [2.24, 2.45) is 0 Å². The van der Waals surface area contributed by atoms with Crippen molar-refractivity contribution < 1.29 is 10.2 Å². The first kappa shape index (κ1) is 10.4. The first-order valence-corrected chi connectivity index (χ1v) is 5.86. The van der Waals surface area contributed by atoms with Gasteiger partial charge in [-0.2, -0.15) is 0 Å². The van der Waals surface area contributed by atoms with Crippen molar-refractivity contribution in [2.45, 2.75) is 56.8 Å². The quantitative estimate of drug-likeness (QED) is 0.655. The van der Waals surface area contributed by atoms with Crippen LogP contribution in [-0.4, -0.2) is 46.5 Å². The molecule has 3 heteroatoms. The monoisotopic (exact) mass is 199 g/mol. The van der Waals surface area contributed by atoms with E-state index in [9.17, 15) is 10.2 Å². The van der Waals surface area contributed by atoms with Gasteiger partial charge in [0, 0.05) is 12.6 Å². The average molecular weight is 199 g/mol. The first-order valence-electron chi connectivity index (χ1n) is 5.86. The number of rotatable bonds is 1. The molecule has 2 fully saturated rings. The molecule has 2 rings (SSSR count). The second kappa shape index (κ2) is 4.60. The van der Waals surface area contributed by atoms with Crippen LogP contribution in [0.4, 0.5) is 0 Å². The largest absolute Gasteiger partial charge is 0.393 e. The summed E-state index contributed by atoms with van der Waals surface area (Å²) in [5, 5.41) is 19.2. The molecule has 3 atom stereocenters. The SMILES string of the molecule is OC1CCCC(N2CCCC(O)C2)C1. The molecule has 1 heterocycles. The Labute approximate surface area is 85.7 Å². The van der Waals surface area contributed by atoms with Gasteiger partial charge in [0.1, 0.15) is 0 Å². The van der Waals surface area contributed by atoms with Crippen LogP contribution in [0.1, 0.15) is 38.5 Å². The molecule has 0 spiro atoms. The van der Waals surface area contributed by atoms with Crippen LogP contribution in [0, 0.1) is 0 Å². The van der Waals surface area contributed by atoms with E-state index < -0.39 is 0 Å². The summed E-state index contributed by atoms with van der Waals surface area (Å²) in [5.41, 5.74) is 0. The summed E-state index contributed by atoms with van der Waals surface area (Å²) < 4.78 is 0. The molecule has 0 radical (unpaired) electrons. The van der Waals surface area contributed by atoms with Gasteiger partial charge in [0.2, 0.25) is 0 Å². The second-order valence-corrected chi connectivity index (χ2v) is 4.77. The number of β-amino-alcohol motifs (C(OH)–C–C–N with tert-alkyl or cyclic N) is 1. The average Bonchev–Trinajstić information content (AvgIpc) is 2.18. The van der Waals surface area contributed by atoms with Crippen LogP contribution in [0.25, 0.3) is 0 Å². The Morgan fingerprint density at radius 1 is 0.929 bits per heavy atom. The third kappa shape index (κ3) is 2.47. The van der Waals surface area contributed by atoms with Crippen LogP contribution >= 0.6 is 0 Å². The van der Waals surface area contributed by atoms with E-state index in [2.05, 4.69) is 4.90 Å². The molecule has 2 N–H and O–H groups in total. The van der Waals surface area contributed by atoms with Crippen LogP contribution in [0.2, 0.25) is 0 Å². The highest BCUT2D eigenvalue weighted by Gasteiger charge is 2.28. The van der Waals surface area contributed by atoms with Gasteiger partial charge in [-0.3, -0.25) is 4.90 Å². The van der Waals surface area contributed by atoms with Gasteiger partial charge in [-0.05, 0) is 45.1 Å². The maximum atomic E-state index is 9.59. The van der Waals surface area contributed by atoms with Crippen LogP contribution in [0.5, 0.6) is 0 Å². The third-order valence-corrected chi connectivity index (χ3v) is 3.56. The standard InChI is InChI=1S/C11H21NO2/c13-10-4-1-3-9(7-10)12-6-2-5-11(14)8-12/h9-11,13-14H,1-8H2. The highest BCUT2D eigenvalue weighted by atomic mass is 16.3. The molecular formula is C11H21NO2. The molecule has 1 saturated carbocycles. The first-order chi connectivity index (χ1) is 6.75. The Balaban J connectivity index is 1.86. The number of nitrogens with zero attached hydrogens (tertiary/aromatic N) is 1. The Hall–Kier alpha value is -0.120. The van der Waals surface area contributed by atoms with Crippen molar-refractivity contribution in [1.29, 1.82) is 0 Å². The van der Waals surface area contributed by atoms with E-state index in [4.69, 9.17) is 0 Å². The Kier molecular flexibility index (Phi) is 3.42. The van der Waals surface area contributed by atoms with Gasteiger partial charge in [-0.25, -0.2) is 0 Å². The predicted molar refractivity (Wildman–Crippen MR) is 55.1 cm³/mol. The van der Waals surface area contributed by atoms with Crippen LogP contribution in [0.15, 0.2) is 0 Å². The lowest BCUT2D eigenvalue weighted by Gasteiger charge is -2.39. The molecule has 1 aliphatic carbocycles. The number of aliphatic hydroxyl groups is 2. The highest BCUT2D eigenvalue weighted by Crippen LogP contribution is 2.25. The molecule has 14 heavy (non-hydrogen) atoms. The Morgan fingerprint density at radius 2 is 1.71 bits per heavy atom. The molecule has 0 bridgehead atoms. The molecule has 3 unspecified atom stereocenters. The topological polar surface area (TPSA) is 43.7 Å². The van der Waals surface area contributed by atoms with Crippen molar-refractivity contribution in [1.82, 2.24) is 4.90 Å². The smallest absolute Gasteiger partial charge is 0.0667 e. The van der Waals surface area contributed by atoms with Gasteiger partial charge in [0.25, 0.3) is 0 Å². The molecule has 2 aliphatic rings. The minimum absolute atomic E-state index is 0.104. The number of hydrogen-bond donors (Lipinski definition) is 2. The Bertz CT molecular complexity index is 166. The van der Waals surface area contributed by atoms with Crippen molar-refractivity contribution >= 4 is 0 Å². The summed E-state index contributed by atoms with van der Waals surface area (Å²) in [6, 6.07) is 0.522. The van der Waals surface area contributed by atoms with E-state index in [0.717, 1.165) is 45.2 Å². The van der Waals surface area contributed by atoms with Crippen molar-refractivity contribution in [3.8, 4) is 0 Å². The van der Waals surface area contributed by atoms with Gasteiger partial charge in [-0.1, -0.05) is 0 Å². The molecule has 1 saturated heterocycles. The maximum absolute atomic E-state index is 9.59. The lowest BCUT2D eigenvalue weighted by atomic mass is 9.90. The van der Waals surface area contributed by atoms with E-state index >= 15 is 0 Å². The fraction of sp³-hybridized carbons (Fsp3) is 1.00. The van der Waals surface area contributed by atoms with Crippen molar-refractivity contribution in [3.63, 3.8) is 0 Å². The molecule has 0 aromatic rings. The Morgan fingerprint density at radius 3 is 2.43 bits per heavy atom. The summed E-state index contributed by atoms with van der Waals surface area (Å²) >= 11 is 0. The van der Waals surface area contributed by atoms with Crippen LogP contribution in [-0.2, 0) is 0 Å². The van der Waals surface area contributed by atoms with Gasteiger partial charge < -0.3 is 10.2 Å². The van der Waals surface area contributed by atoms with Gasteiger partial charge in [0.15, 0.2) is 0 Å². The summed E-state index contributed by atoms with van der Waals surface area (Å²) in [4.78, 5) is 2.37. The molecular weight excluding hydrogens is 178 g/mol. The van der Waals surface area contributed by atoms with E-state index in [1.165, 1.54) is 6.42 Å². The van der Waals surface area contributed by atoms with E-state index in [1.54, 1.807) is 0 Å². The summed E-state index contributed by atoms with van der Waals surface area (Å²) in [6.45, 7) is 1.92. The molecule has 1 aliphatic heterocycles. The molecule has 3 nitrogen and oxygen atoms in total. The minimum Gasteiger partial charge on any atom is -0.393 e.